The Kier molecular flexibility index (Phi) is 6.54. The van der Waals surface area contributed by atoms with Crippen molar-refractivity contribution in [1.82, 2.24) is 4.90 Å². The number of ether oxygens (including phenoxy) is 3. The molecule has 0 saturated heterocycles. The van der Waals surface area contributed by atoms with Gasteiger partial charge in [0.25, 0.3) is 5.91 Å². The van der Waals surface area contributed by atoms with Crippen LogP contribution in [0.5, 0.6) is 11.5 Å². The summed E-state index contributed by atoms with van der Waals surface area (Å²) in [4.78, 5) is 25.5. The number of carbonyl (C=O) groups excluding carboxylic acids is 2. The number of rotatable bonds is 7. The first kappa shape index (κ1) is 19.2. The molecule has 2 aromatic carbocycles. The topological polar surface area (TPSA) is 65.1 Å². The van der Waals surface area contributed by atoms with Gasteiger partial charge in [-0.1, -0.05) is 12.1 Å². The van der Waals surface area contributed by atoms with Crippen LogP contribution in [-0.4, -0.2) is 44.7 Å². The minimum Gasteiger partial charge on any atom is -0.497 e. The van der Waals surface area contributed by atoms with E-state index < -0.39 is 24.3 Å². The van der Waals surface area contributed by atoms with Crippen LogP contribution in [0.3, 0.4) is 0 Å². The zero-order valence-corrected chi connectivity index (χ0v) is 14.8. The van der Waals surface area contributed by atoms with E-state index in [9.17, 15) is 14.0 Å². The fourth-order valence-electron chi connectivity index (χ4n) is 2.24. The van der Waals surface area contributed by atoms with Crippen molar-refractivity contribution in [2.75, 3.05) is 27.9 Å². The first-order valence-corrected chi connectivity index (χ1v) is 7.82. The van der Waals surface area contributed by atoms with Gasteiger partial charge in [-0.25, -0.2) is 9.18 Å². The van der Waals surface area contributed by atoms with Gasteiger partial charge in [0.05, 0.1) is 19.8 Å². The predicted octanol–water partition coefficient (Wildman–Crippen LogP) is 2.66. The fraction of sp³-hybridized carbons (Fsp3) is 0.263. The molecule has 6 nitrogen and oxygen atoms in total. The molecular weight excluding hydrogens is 341 g/mol. The predicted molar refractivity (Wildman–Crippen MR) is 92.7 cm³/mol. The summed E-state index contributed by atoms with van der Waals surface area (Å²) >= 11 is 0. The first-order valence-electron chi connectivity index (χ1n) is 7.82. The highest BCUT2D eigenvalue weighted by atomic mass is 19.1. The van der Waals surface area contributed by atoms with Crippen LogP contribution < -0.4 is 9.47 Å². The number of carbonyl (C=O) groups is 2. The molecule has 0 radical (unpaired) electrons. The molecule has 0 unspecified atom stereocenters. The molecule has 0 N–H and O–H groups in total. The molecule has 0 spiro atoms. The molecule has 0 fully saturated rings. The minimum atomic E-state index is -0.624. The molecule has 138 valence electrons. The number of benzene rings is 2. The SMILES string of the molecule is COc1cccc(C(=O)OCC(=O)N(C)Cc2ccc(OC)c(F)c2)c1. The molecule has 26 heavy (non-hydrogen) atoms. The van der Waals surface area contributed by atoms with Crippen LogP contribution in [0, 0.1) is 5.82 Å². The van der Waals surface area contributed by atoms with E-state index >= 15 is 0 Å². The van der Waals surface area contributed by atoms with E-state index in [0.717, 1.165) is 0 Å². The maximum Gasteiger partial charge on any atom is 0.338 e. The molecule has 7 heteroatoms. The summed E-state index contributed by atoms with van der Waals surface area (Å²) in [6, 6.07) is 10.9. The van der Waals surface area contributed by atoms with Crippen molar-refractivity contribution in [3.05, 3.63) is 59.4 Å². The van der Waals surface area contributed by atoms with Crippen molar-refractivity contribution >= 4 is 11.9 Å². The number of esters is 1. The summed E-state index contributed by atoms with van der Waals surface area (Å²) in [5.41, 5.74) is 0.885. The lowest BCUT2D eigenvalue weighted by Crippen LogP contribution is -2.30. The Balaban J connectivity index is 1.90. The second-order valence-corrected chi connectivity index (χ2v) is 5.53. The number of hydrogen-bond acceptors (Lipinski definition) is 5. The Morgan fingerprint density at radius 2 is 1.85 bits per heavy atom. The molecule has 2 rings (SSSR count). The van der Waals surface area contributed by atoms with Gasteiger partial charge in [0.15, 0.2) is 18.2 Å². The van der Waals surface area contributed by atoms with Gasteiger partial charge in [0.1, 0.15) is 5.75 Å². The summed E-state index contributed by atoms with van der Waals surface area (Å²) in [6.07, 6.45) is 0. The molecule has 2 aromatic rings. The molecule has 0 atom stereocenters. The number of methoxy groups -OCH3 is 2. The van der Waals surface area contributed by atoms with Gasteiger partial charge in [0.2, 0.25) is 0 Å². The first-order chi connectivity index (χ1) is 12.4. The van der Waals surface area contributed by atoms with Gasteiger partial charge in [-0.2, -0.15) is 0 Å². The van der Waals surface area contributed by atoms with E-state index in [0.29, 0.717) is 11.3 Å². The van der Waals surface area contributed by atoms with Crippen molar-refractivity contribution in [3.8, 4) is 11.5 Å². The molecule has 0 aliphatic heterocycles. The normalized spacial score (nSPS) is 10.2. The number of nitrogens with zero attached hydrogens (tertiary/aromatic N) is 1. The third-order valence-electron chi connectivity index (χ3n) is 3.69. The lowest BCUT2D eigenvalue weighted by molar-refractivity contribution is -0.133. The molecule has 1 amide bonds. The average Bonchev–Trinajstić information content (AvgIpc) is 2.65. The number of hydrogen-bond donors (Lipinski definition) is 0. The van der Waals surface area contributed by atoms with Crippen LogP contribution in [0.1, 0.15) is 15.9 Å². The number of halogens is 1. The van der Waals surface area contributed by atoms with E-state index in [1.54, 1.807) is 31.3 Å². The van der Waals surface area contributed by atoms with Crippen LogP contribution in [-0.2, 0) is 16.1 Å². The van der Waals surface area contributed by atoms with Crippen molar-refractivity contribution < 1.29 is 28.2 Å². The van der Waals surface area contributed by atoms with Gasteiger partial charge >= 0.3 is 5.97 Å². The Morgan fingerprint density at radius 3 is 2.50 bits per heavy atom. The minimum absolute atomic E-state index is 0.134. The average molecular weight is 361 g/mol. The summed E-state index contributed by atoms with van der Waals surface area (Å²) in [7, 11) is 4.42. The van der Waals surface area contributed by atoms with Crippen molar-refractivity contribution in [2.24, 2.45) is 0 Å². The van der Waals surface area contributed by atoms with Crippen LogP contribution >= 0.6 is 0 Å². The van der Waals surface area contributed by atoms with Gasteiger partial charge in [-0.3, -0.25) is 4.79 Å². The zero-order valence-electron chi connectivity index (χ0n) is 14.8. The van der Waals surface area contributed by atoms with Gasteiger partial charge < -0.3 is 19.1 Å². The Morgan fingerprint density at radius 1 is 1.08 bits per heavy atom. The largest absolute Gasteiger partial charge is 0.497 e. The molecule has 0 aliphatic rings. The Bertz CT molecular complexity index is 793. The van der Waals surface area contributed by atoms with E-state index in [1.807, 2.05) is 0 Å². The fourth-order valence-corrected chi connectivity index (χ4v) is 2.24. The van der Waals surface area contributed by atoms with Crippen molar-refractivity contribution in [2.45, 2.75) is 6.54 Å². The molecular formula is C19H20FNO5. The van der Waals surface area contributed by atoms with Crippen LogP contribution in [0.4, 0.5) is 4.39 Å². The highest BCUT2D eigenvalue weighted by Gasteiger charge is 2.15. The van der Waals surface area contributed by atoms with E-state index in [1.165, 1.54) is 37.3 Å². The number of likely N-dealkylation sites (N-methyl/N-ethyl adjacent to an activating group) is 1. The summed E-state index contributed by atoms with van der Waals surface area (Å²) < 4.78 is 28.6. The van der Waals surface area contributed by atoms with Gasteiger partial charge in [0, 0.05) is 13.6 Å². The lowest BCUT2D eigenvalue weighted by atomic mass is 10.2. The van der Waals surface area contributed by atoms with E-state index in [2.05, 4.69) is 0 Å². The highest BCUT2D eigenvalue weighted by molar-refractivity contribution is 5.91. The molecule has 0 saturated carbocycles. The Hall–Kier alpha value is -3.09. The Labute approximate surface area is 151 Å². The summed E-state index contributed by atoms with van der Waals surface area (Å²) in [5, 5.41) is 0. The standard InChI is InChI=1S/C19H20FNO5/c1-21(11-13-7-8-17(25-3)16(20)9-13)18(22)12-26-19(23)14-5-4-6-15(10-14)24-2/h4-10H,11-12H2,1-3H3. The molecule has 0 aromatic heterocycles. The van der Waals surface area contributed by atoms with Crippen LogP contribution in [0.25, 0.3) is 0 Å². The summed E-state index contributed by atoms with van der Waals surface area (Å²) in [5.74, 6) is -0.881. The van der Waals surface area contributed by atoms with E-state index in [4.69, 9.17) is 14.2 Å². The highest BCUT2D eigenvalue weighted by Crippen LogP contribution is 2.18. The van der Waals surface area contributed by atoms with E-state index in [-0.39, 0.29) is 17.9 Å². The molecule has 0 aliphatic carbocycles. The lowest BCUT2D eigenvalue weighted by Gasteiger charge is -2.17. The maximum atomic E-state index is 13.7. The third kappa shape index (κ3) is 4.95. The summed E-state index contributed by atoms with van der Waals surface area (Å²) in [6.45, 7) is -0.234. The third-order valence-corrected chi connectivity index (χ3v) is 3.69. The van der Waals surface area contributed by atoms with Gasteiger partial charge in [-0.15, -0.1) is 0 Å². The zero-order chi connectivity index (χ0) is 19.1. The van der Waals surface area contributed by atoms with Crippen molar-refractivity contribution in [3.63, 3.8) is 0 Å². The second kappa shape index (κ2) is 8.84. The smallest absolute Gasteiger partial charge is 0.338 e. The second-order valence-electron chi connectivity index (χ2n) is 5.53. The maximum absolute atomic E-state index is 13.7. The van der Waals surface area contributed by atoms with Gasteiger partial charge in [-0.05, 0) is 35.9 Å². The molecule has 0 heterocycles. The quantitative estimate of drug-likeness (QED) is 0.710. The number of amides is 1. The van der Waals surface area contributed by atoms with Crippen molar-refractivity contribution in [1.29, 1.82) is 0 Å². The van der Waals surface area contributed by atoms with Crippen LogP contribution in [0.15, 0.2) is 42.5 Å². The van der Waals surface area contributed by atoms with Crippen LogP contribution in [0.2, 0.25) is 0 Å². The molecule has 0 bridgehead atoms. The monoisotopic (exact) mass is 361 g/mol.